The van der Waals surface area contributed by atoms with Gasteiger partial charge in [-0.1, -0.05) is 24.0 Å². The maximum atomic E-state index is 11.7. The van der Waals surface area contributed by atoms with Crippen molar-refractivity contribution < 1.29 is 15.0 Å². The lowest BCUT2D eigenvalue weighted by atomic mass is 10.1. The topological polar surface area (TPSA) is 62.5 Å². The molecule has 0 amide bonds. The van der Waals surface area contributed by atoms with Crippen molar-refractivity contribution in [1.82, 2.24) is 4.57 Å². The Morgan fingerprint density at radius 2 is 1.64 bits per heavy atom. The molecule has 0 aliphatic carbocycles. The Morgan fingerprint density at radius 3 is 2.28 bits per heavy atom. The summed E-state index contributed by atoms with van der Waals surface area (Å²) in [6, 6.07) is 15.6. The van der Waals surface area contributed by atoms with Gasteiger partial charge in [-0.05, 0) is 56.3 Å². The molecule has 1 heterocycles. The first-order chi connectivity index (χ1) is 12.0. The lowest BCUT2D eigenvalue weighted by Crippen LogP contribution is -2.10. The summed E-state index contributed by atoms with van der Waals surface area (Å²) in [6.07, 6.45) is 0. The van der Waals surface area contributed by atoms with Crippen molar-refractivity contribution in [3.05, 3.63) is 82.7 Å². The molecule has 4 heteroatoms. The van der Waals surface area contributed by atoms with E-state index in [1.807, 2.05) is 30.5 Å². The second-order valence-electron chi connectivity index (χ2n) is 5.76. The molecule has 4 nitrogen and oxygen atoms in total. The Balaban J connectivity index is 2.22. The predicted molar refractivity (Wildman–Crippen MR) is 96.3 cm³/mol. The molecule has 0 bridgehead atoms. The number of rotatable bonds is 2. The van der Waals surface area contributed by atoms with E-state index in [1.165, 1.54) is 0 Å². The number of aromatic nitrogens is 1. The molecule has 0 spiro atoms. The van der Waals surface area contributed by atoms with E-state index in [0.717, 1.165) is 11.4 Å². The zero-order chi connectivity index (χ0) is 18.0. The SMILES string of the molecule is Cc1ccc(C)n1-c1c(C#Cc2cccc(O)c2)cccc1C(=O)O. The zero-order valence-corrected chi connectivity index (χ0v) is 13.9. The summed E-state index contributed by atoms with van der Waals surface area (Å²) in [4.78, 5) is 11.7. The van der Waals surface area contributed by atoms with E-state index < -0.39 is 5.97 Å². The van der Waals surface area contributed by atoms with E-state index in [2.05, 4.69) is 11.8 Å². The fourth-order valence-corrected chi connectivity index (χ4v) is 2.80. The molecule has 3 aromatic rings. The van der Waals surface area contributed by atoms with Crippen LogP contribution in [0.15, 0.2) is 54.6 Å². The Kier molecular flexibility index (Phi) is 4.32. The third-order valence-corrected chi connectivity index (χ3v) is 3.95. The third-order valence-electron chi connectivity index (χ3n) is 3.95. The number of hydrogen-bond acceptors (Lipinski definition) is 2. The molecule has 2 N–H and O–H groups in total. The molecule has 0 atom stereocenters. The molecule has 0 aliphatic rings. The Morgan fingerprint density at radius 1 is 0.960 bits per heavy atom. The molecule has 1 aromatic heterocycles. The van der Waals surface area contributed by atoms with E-state index >= 15 is 0 Å². The van der Waals surface area contributed by atoms with Gasteiger partial charge >= 0.3 is 5.97 Å². The molecule has 0 unspecified atom stereocenters. The highest BCUT2D eigenvalue weighted by molar-refractivity contribution is 5.93. The Labute approximate surface area is 146 Å². The van der Waals surface area contributed by atoms with Gasteiger partial charge in [0.15, 0.2) is 0 Å². The molecule has 0 saturated carbocycles. The fourth-order valence-electron chi connectivity index (χ4n) is 2.80. The number of carboxylic acid groups (broad SMARTS) is 1. The van der Waals surface area contributed by atoms with E-state index in [1.54, 1.807) is 42.5 Å². The van der Waals surface area contributed by atoms with Crippen LogP contribution in [0.4, 0.5) is 0 Å². The second-order valence-corrected chi connectivity index (χ2v) is 5.76. The molecule has 2 aromatic carbocycles. The van der Waals surface area contributed by atoms with Crippen molar-refractivity contribution >= 4 is 5.97 Å². The summed E-state index contributed by atoms with van der Waals surface area (Å²) in [5.74, 6) is 5.19. The second kappa shape index (κ2) is 6.58. The summed E-state index contributed by atoms with van der Waals surface area (Å²) in [6.45, 7) is 3.86. The van der Waals surface area contributed by atoms with Gasteiger partial charge in [0.05, 0.1) is 11.3 Å². The number of para-hydroxylation sites is 1. The normalized spacial score (nSPS) is 10.2. The third kappa shape index (κ3) is 3.26. The number of nitrogens with zero attached hydrogens (tertiary/aromatic N) is 1. The number of carboxylic acids is 1. The lowest BCUT2D eigenvalue weighted by molar-refractivity contribution is 0.0697. The molecular formula is C21H17NO3. The molecular weight excluding hydrogens is 314 g/mol. The first kappa shape index (κ1) is 16.4. The minimum Gasteiger partial charge on any atom is -0.508 e. The average molecular weight is 331 g/mol. The smallest absolute Gasteiger partial charge is 0.337 e. The molecule has 0 radical (unpaired) electrons. The zero-order valence-electron chi connectivity index (χ0n) is 13.9. The van der Waals surface area contributed by atoms with Gasteiger partial charge in [-0.2, -0.15) is 0 Å². The van der Waals surface area contributed by atoms with Gasteiger partial charge in [-0.15, -0.1) is 0 Å². The van der Waals surface area contributed by atoms with Crippen LogP contribution in [0.25, 0.3) is 5.69 Å². The van der Waals surface area contributed by atoms with Crippen LogP contribution < -0.4 is 0 Å². The van der Waals surface area contributed by atoms with Gasteiger partial charge in [0.25, 0.3) is 0 Å². The largest absolute Gasteiger partial charge is 0.508 e. The molecule has 0 aliphatic heterocycles. The van der Waals surface area contributed by atoms with Crippen molar-refractivity contribution in [2.24, 2.45) is 0 Å². The molecule has 3 rings (SSSR count). The maximum absolute atomic E-state index is 11.7. The van der Waals surface area contributed by atoms with Crippen molar-refractivity contribution in [2.45, 2.75) is 13.8 Å². The van der Waals surface area contributed by atoms with E-state index in [0.29, 0.717) is 16.8 Å². The number of phenols is 1. The van der Waals surface area contributed by atoms with Crippen LogP contribution in [0, 0.1) is 25.7 Å². The Bertz CT molecular complexity index is 1000. The van der Waals surface area contributed by atoms with Crippen LogP contribution in [-0.2, 0) is 0 Å². The summed E-state index contributed by atoms with van der Waals surface area (Å²) in [5.41, 5.74) is 3.91. The van der Waals surface area contributed by atoms with E-state index in [9.17, 15) is 15.0 Å². The van der Waals surface area contributed by atoms with Crippen LogP contribution in [0.3, 0.4) is 0 Å². The predicted octanol–water partition coefficient (Wildman–Crippen LogP) is 3.90. The van der Waals surface area contributed by atoms with Crippen LogP contribution in [-0.4, -0.2) is 20.7 Å². The van der Waals surface area contributed by atoms with Crippen LogP contribution in [0.2, 0.25) is 0 Å². The van der Waals surface area contributed by atoms with Crippen molar-refractivity contribution in [1.29, 1.82) is 0 Å². The van der Waals surface area contributed by atoms with E-state index in [-0.39, 0.29) is 11.3 Å². The quantitative estimate of drug-likeness (QED) is 0.700. The minimum atomic E-state index is -0.997. The minimum absolute atomic E-state index is 0.142. The first-order valence-electron chi connectivity index (χ1n) is 7.80. The molecule has 25 heavy (non-hydrogen) atoms. The average Bonchev–Trinajstić information content (AvgIpc) is 2.91. The van der Waals surface area contributed by atoms with Crippen molar-refractivity contribution in [2.75, 3.05) is 0 Å². The lowest BCUT2D eigenvalue weighted by Gasteiger charge is -2.14. The number of aromatic hydroxyl groups is 1. The summed E-state index contributed by atoms with van der Waals surface area (Å²) in [5, 5.41) is 19.2. The first-order valence-corrected chi connectivity index (χ1v) is 7.80. The highest BCUT2D eigenvalue weighted by Crippen LogP contribution is 2.24. The van der Waals surface area contributed by atoms with Gasteiger partial charge in [0, 0.05) is 22.5 Å². The highest BCUT2D eigenvalue weighted by Gasteiger charge is 2.17. The van der Waals surface area contributed by atoms with Gasteiger partial charge in [-0.25, -0.2) is 4.79 Å². The standard InChI is InChI=1S/C21H17NO3/c1-14-9-10-15(2)22(14)20-17(6-4-8-19(20)21(24)25)12-11-16-5-3-7-18(23)13-16/h3-10,13,23H,1-2H3,(H,24,25). The highest BCUT2D eigenvalue weighted by atomic mass is 16.4. The molecule has 0 fully saturated rings. The number of phenolic OH excluding ortho intramolecular Hbond substituents is 1. The van der Waals surface area contributed by atoms with Crippen molar-refractivity contribution in [3.8, 4) is 23.3 Å². The van der Waals surface area contributed by atoms with Gasteiger partial charge < -0.3 is 14.8 Å². The number of aryl methyl sites for hydroxylation is 2. The number of benzene rings is 2. The summed E-state index contributed by atoms with van der Waals surface area (Å²) in [7, 11) is 0. The van der Waals surface area contributed by atoms with Gasteiger partial charge in [-0.3, -0.25) is 0 Å². The monoisotopic (exact) mass is 331 g/mol. The van der Waals surface area contributed by atoms with E-state index in [4.69, 9.17) is 0 Å². The maximum Gasteiger partial charge on any atom is 0.337 e. The fraction of sp³-hybridized carbons (Fsp3) is 0.0952. The van der Waals surface area contributed by atoms with Gasteiger partial charge in [0.1, 0.15) is 5.75 Å². The van der Waals surface area contributed by atoms with Crippen LogP contribution in [0.1, 0.15) is 32.9 Å². The Hall–Kier alpha value is -3.45. The number of hydrogen-bond donors (Lipinski definition) is 2. The van der Waals surface area contributed by atoms with Crippen LogP contribution >= 0.6 is 0 Å². The molecule has 0 saturated heterocycles. The van der Waals surface area contributed by atoms with Crippen LogP contribution in [0.5, 0.6) is 5.75 Å². The van der Waals surface area contributed by atoms with Crippen molar-refractivity contribution in [3.63, 3.8) is 0 Å². The number of aromatic carboxylic acids is 1. The molecule has 124 valence electrons. The number of carbonyl (C=O) groups is 1. The summed E-state index contributed by atoms with van der Waals surface area (Å²) >= 11 is 0. The van der Waals surface area contributed by atoms with Gasteiger partial charge in [0.2, 0.25) is 0 Å². The summed E-state index contributed by atoms with van der Waals surface area (Å²) < 4.78 is 1.90.